The number of hydrogen-bond acceptors (Lipinski definition) is 5. The van der Waals surface area contributed by atoms with Crippen LogP contribution in [0.2, 0.25) is 0 Å². The van der Waals surface area contributed by atoms with E-state index in [0.717, 1.165) is 12.8 Å². The van der Waals surface area contributed by atoms with Crippen LogP contribution in [0, 0.1) is 5.41 Å². The maximum absolute atomic E-state index is 12.7. The maximum Gasteiger partial charge on any atom is 0.410 e. The van der Waals surface area contributed by atoms with Gasteiger partial charge in [-0.1, -0.05) is 0 Å². The van der Waals surface area contributed by atoms with Crippen molar-refractivity contribution >= 4 is 17.5 Å². The van der Waals surface area contributed by atoms with Gasteiger partial charge < -0.3 is 18.9 Å². The molecule has 0 aromatic heterocycles. The molecule has 2 fully saturated rings. The number of rotatable bonds is 2. The molecule has 7 heteroatoms. The summed E-state index contributed by atoms with van der Waals surface area (Å²) in [7, 11) is 0. The molecule has 0 aromatic carbocycles. The topological polar surface area (TPSA) is 73.9 Å². The molecule has 1 spiro atoms. The summed E-state index contributed by atoms with van der Waals surface area (Å²) in [5.41, 5.74) is -0.590. The van der Waals surface area contributed by atoms with Gasteiger partial charge in [-0.2, -0.15) is 0 Å². The van der Waals surface area contributed by atoms with Gasteiger partial charge in [0, 0.05) is 29.9 Å². The fraction of sp³-hybridized carbons (Fsp3) is 0.944. The van der Waals surface area contributed by atoms with Gasteiger partial charge in [-0.25, -0.2) is 4.79 Å². The van der Waals surface area contributed by atoms with Crippen LogP contribution in [-0.2, 0) is 20.8 Å². The first kappa shape index (κ1) is 20.8. The summed E-state index contributed by atoms with van der Waals surface area (Å²) in [6.07, 6.45) is 1.65. The van der Waals surface area contributed by atoms with Crippen molar-refractivity contribution in [3.63, 3.8) is 0 Å². The van der Waals surface area contributed by atoms with Crippen molar-refractivity contribution in [3.05, 3.63) is 0 Å². The van der Waals surface area contributed by atoms with Crippen LogP contribution < -0.4 is 4.72 Å². The molecule has 0 bridgehead atoms. The molecule has 2 saturated heterocycles. The summed E-state index contributed by atoms with van der Waals surface area (Å²) in [6, 6.07) is -0.0706. The lowest BCUT2D eigenvalue weighted by molar-refractivity contribution is -0.0000101. The number of nitrogens with one attached hydrogen (secondary N) is 1. The van der Waals surface area contributed by atoms with Crippen molar-refractivity contribution in [2.75, 3.05) is 19.7 Å². The lowest BCUT2D eigenvalue weighted by Gasteiger charge is -2.45. The summed E-state index contributed by atoms with van der Waals surface area (Å²) in [5, 5.41) is 0. The largest absolute Gasteiger partial charge is 0.598 e. The van der Waals surface area contributed by atoms with E-state index in [1.807, 2.05) is 41.5 Å². The number of hydrogen-bond donors (Lipinski definition) is 1. The molecule has 25 heavy (non-hydrogen) atoms. The number of ether oxygens (including phenoxy) is 2. The van der Waals surface area contributed by atoms with E-state index in [9.17, 15) is 9.35 Å². The zero-order valence-corrected chi connectivity index (χ0v) is 17.5. The van der Waals surface area contributed by atoms with Gasteiger partial charge in [0.15, 0.2) is 0 Å². The molecule has 0 saturated carbocycles. The monoisotopic (exact) mass is 374 g/mol. The molecule has 6 nitrogen and oxygen atoms in total. The Morgan fingerprint density at radius 1 is 1.32 bits per heavy atom. The van der Waals surface area contributed by atoms with Crippen LogP contribution in [0.5, 0.6) is 0 Å². The van der Waals surface area contributed by atoms with E-state index in [1.165, 1.54) is 0 Å². The molecule has 4 atom stereocenters. The lowest BCUT2D eigenvalue weighted by atomic mass is 9.73. The SMILES string of the molecule is C[C@H]1CC2(CCN(C(=O)OC(C)(C)C)CC2N[S+]([O-])C(C)(C)C)CO1. The molecule has 2 rings (SSSR count). The zero-order valence-electron chi connectivity index (χ0n) is 16.7. The van der Waals surface area contributed by atoms with Crippen molar-refractivity contribution in [2.45, 2.75) is 83.8 Å². The Balaban J connectivity index is 2.14. The van der Waals surface area contributed by atoms with Gasteiger partial charge in [0.2, 0.25) is 0 Å². The van der Waals surface area contributed by atoms with Crippen LogP contribution in [0.25, 0.3) is 0 Å². The minimum Gasteiger partial charge on any atom is -0.598 e. The molecule has 1 amide bonds. The fourth-order valence-electron chi connectivity index (χ4n) is 3.41. The smallest absolute Gasteiger partial charge is 0.410 e. The molecule has 0 aliphatic carbocycles. The van der Waals surface area contributed by atoms with Gasteiger partial charge in [-0.15, -0.1) is 4.72 Å². The molecular formula is C18H34N2O4S. The van der Waals surface area contributed by atoms with Gasteiger partial charge in [0.25, 0.3) is 0 Å². The molecule has 3 unspecified atom stereocenters. The van der Waals surface area contributed by atoms with Crippen LogP contribution in [0.4, 0.5) is 4.79 Å². The molecule has 146 valence electrons. The average Bonchev–Trinajstić information content (AvgIpc) is 2.80. The zero-order chi connectivity index (χ0) is 19.0. The Kier molecular flexibility index (Phi) is 6.04. The minimum absolute atomic E-state index is 0.0706. The summed E-state index contributed by atoms with van der Waals surface area (Å²) in [4.78, 5) is 14.2. The highest BCUT2D eigenvalue weighted by Crippen LogP contribution is 2.43. The Morgan fingerprint density at radius 2 is 1.96 bits per heavy atom. The number of nitrogens with zero attached hydrogens (tertiary/aromatic N) is 1. The van der Waals surface area contributed by atoms with Crippen molar-refractivity contribution in [2.24, 2.45) is 5.41 Å². The van der Waals surface area contributed by atoms with Gasteiger partial charge in [-0.05, 0) is 61.3 Å². The third-order valence-corrected chi connectivity index (χ3v) is 6.44. The molecule has 1 N–H and O–H groups in total. The van der Waals surface area contributed by atoms with E-state index in [0.29, 0.717) is 19.7 Å². The van der Waals surface area contributed by atoms with Crippen LogP contribution in [0.1, 0.15) is 61.3 Å². The molecule has 0 radical (unpaired) electrons. The second kappa shape index (κ2) is 7.25. The first-order chi connectivity index (χ1) is 11.3. The van der Waals surface area contributed by atoms with E-state index in [1.54, 1.807) is 4.90 Å². The Hall–Kier alpha value is -0.500. The molecular weight excluding hydrogens is 340 g/mol. The van der Waals surface area contributed by atoms with E-state index in [4.69, 9.17) is 9.47 Å². The minimum atomic E-state index is -1.20. The Labute approximate surface area is 155 Å². The van der Waals surface area contributed by atoms with Crippen LogP contribution in [0.3, 0.4) is 0 Å². The van der Waals surface area contributed by atoms with Crippen molar-refractivity contribution in [1.29, 1.82) is 0 Å². The van der Waals surface area contributed by atoms with Gasteiger partial charge in [0.05, 0.1) is 18.8 Å². The highest BCUT2D eigenvalue weighted by molar-refractivity contribution is 7.90. The average molecular weight is 375 g/mol. The quantitative estimate of drug-likeness (QED) is 0.753. The molecule has 2 aliphatic rings. The highest BCUT2D eigenvalue weighted by atomic mass is 32.2. The number of amides is 1. The summed E-state index contributed by atoms with van der Waals surface area (Å²) < 4.78 is 27.0. The van der Waals surface area contributed by atoms with Gasteiger partial charge in [-0.3, -0.25) is 0 Å². The predicted octanol–water partition coefficient (Wildman–Crippen LogP) is 2.84. The number of piperidine rings is 1. The highest BCUT2D eigenvalue weighted by Gasteiger charge is 2.51. The van der Waals surface area contributed by atoms with E-state index in [-0.39, 0.29) is 28.4 Å². The van der Waals surface area contributed by atoms with E-state index >= 15 is 0 Å². The third kappa shape index (κ3) is 5.25. The van der Waals surface area contributed by atoms with Crippen molar-refractivity contribution < 1.29 is 18.8 Å². The van der Waals surface area contributed by atoms with Gasteiger partial charge >= 0.3 is 6.09 Å². The van der Waals surface area contributed by atoms with E-state index < -0.39 is 17.0 Å². The second-order valence-electron chi connectivity index (χ2n) is 9.42. The first-order valence-corrected chi connectivity index (χ1v) is 10.2. The first-order valence-electron chi connectivity index (χ1n) is 9.10. The third-order valence-electron chi connectivity index (χ3n) is 4.83. The standard InChI is InChI=1S/C18H34N2O4S/c1-13-10-18(12-23-13)8-9-20(15(21)24-16(2,3)4)11-14(18)19-25(22)17(5,6)7/h13-14,19H,8-12H2,1-7H3/t13-,14?,18?,25?/m0/s1. The van der Waals surface area contributed by atoms with Gasteiger partial charge in [0.1, 0.15) is 10.3 Å². The maximum atomic E-state index is 12.7. The Morgan fingerprint density at radius 3 is 2.44 bits per heavy atom. The van der Waals surface area contributed by atoms with Crippen LogP contribution >= 0.6 is 0 Å². The summed E-state index contributed by atoms with van der Waals surface area (Å²) in [6.45, 7) is 15.3. The normalized spacial score (nSPS) is 32.1. The summed E-state index contributed by atoms with van der Waals surface area (Å²) in [5.74, 6) is 0. The number of carbonyl (C=O) groups excluding carboxylic acids is 1. The molecule has 0 aromatic rings. The van der Waals surface area contributed by atoms with Crippen molar-refractivity contribution in [3.8, 4) is 0 Å². The fourth-order valence-corrected chi connectivity index (χ4v) is 4.35. The predicted molar refractivity (Wildman–Crippen MR) is 99.7 cm³/mol. The number of carbonyl (C=O) groups is 1. The van der Waals surface area contributed by atoms with Crippen LogP contribution in [-0.4, -0.2) is 57.7 Å². The van der Waals surface area contributed by atoms with E-state index in [2.05, 4.69) is 11.6 Å². The molecule has 2 aliphatic heterocycles. The second-order valence-corrected chi connectivity index (χ2v) is 11.4. The number of likely N-dealkylation sites (tertiary alicyclic amines) is 1. The van der Waals surface area contributed by atoms with Crippen molar-refractivity contribution in [1.82, 2.24) is 9.62 Å². The van der Waals surface area contributed by atoms with Crippen LogP contribution in [0.15, 0.2) is 0 Å². The molecule has 2 heterocycles. The summed E-state index contributed by atoms with van der Waals surface area (Å²) >= 11 is -1.20. The lowest BCUT2D eigenvalue weighted by Crippen LogP contribution is -2.61. The Bertz CT molecular complexity index is 488.